The number of imidazole rings is 1. The number of benzene rings is 1. The standard InChI is InChI=1S/C22H32N2O2/c1-4-10-21(11-5-2)16-25-22(26-17-21,15-24-13-12-23-18-24)14-20-8-6-19(3)7-9-20/h6-9,12-13,18H,4-5,10-11,14-17H2,1-3H3. The van der Waals surface area contributed by atoms with Crippen molar-refractivity contribution in [3.05, 3.63) is 54.1 Å². The first-order valence-corrected chi connectivity index (χ1v) is 9.88. The van der Waals surface area contributed by atoms with Crippen molar-refractivity contribution in [3.8, 4) is 0 Å². The van der Waals surface area contributed by atoms with E-state index in [2.05, 4.69) is 54.6 Å². The average Bonchev–Trinajstić information content (AvgIpc) is 3.13. The Morgan fingerprint density at radius 2 is 1.69 bits per heavy atom. The summed E-state index contributed by atoms with van der Waals surface area (Å²) in [5.41, 5.74) is 2.68. The number of rotatable bonds is 8. The summed E-state index contributed by atoms with van der Waals surface area (Å²) in [5.74, 6) is -0.624. The van der Waals surface area contributed by atoms with Gasteiger partial charge >= 0.3 is 0 Å². The van der Waals surface area contributed by atoms with Crippen molar-refractivity contribution in [2.45, 2.75) is 65.2 Å². The molecule has 2 heterocycles. The van der Waals surface area contributed by atoms with Gasteiger partial charge in [-0.1, -0.05) is 56.5 Å². The molecule has 3 rings (SSSR count). The Morgan fingerprint density at radius 1 is 1.04 bits per heavy atom. The summed E-state index contributed by atoms with van der Waals surface area (Å²) < 4.78 is 15.1. The molecule has 142 valence electrons. The van der Waals surface area contributed by atoms with Crippen molar-refractivity contribution in [2.75, 3.05) is 13.2 Å². The molecule has 0 atom stereocenters. The van der Waals surface area contributed by atoms with Crippen LogP contribution >= 0.6 is 0 Å². The smallest absolute Gasteiger partial charge is 0.190 e. The molecule has 0 bridgehead atoms. The number of ether oxygens (including phenoxy) is 2. The van der Waals surface area contributed by atoms with E-state index in [4.69, 9.17) is 9.47 Å². The Balaban J connectivity index is 1.79. The zero-order valence-corrected chi connectivity index (χ0v) is 16.4. The third-order valence-electron chi connectivity index (χ3n) is 5.42. The van der Waals surface area contributed by atoms with E-state index >= 15 is 0 Å². The van der Waals surface area contributed by atoms with Crippen molar-refractivity contribution in [1.29, 1.82) is 0 Å². The Kier molecular flexibility index (Phi) is 6.15. The average molecular weight is 357 g/mol. The molecule has 0 aliphatic carbocycles. The highest BCUT2D eigenvalue weighted by molar-refractivity contribution is 5.22. The molecule has 1 aromatic carbocycles. The summed E-state index contributed by atoms with van der Waals surface area (Å²) in [5, 5.41) is 0. The Bertz CT molecular complexity index is 648. The SMILES string of the molecule is CCCC1(CCC)COC(Cc2ccc(C)cc2)(Cn2ccnc2)OC1. The number of hydrogen-bond donors (Lipinski definition) is 0. The molecule has 1 saturated heterocycles. The highest BCUT2D eigenvalue weighted by atomic mass is 16.7. The van der Waals surface area contributed by atoms with Crippen LogP contribution in [0, 0.1) is 12.3 Å². The summed E-state index contributed by atoms with van der Waals surface area (Å²) in [6.45, 7) is 8.82. The zero-order chi connectivity index (χ0) is 18.5. The van der Waals surface area contributed by atoms with Crippen LogP contribution in [0.2, 0.25) is 0 Å². The molecule has 1 aliphatic rings. The lowest BCUT2D eigenvalue weighted by atomic mass is 9.79. The van der Waals surface area contributed by atoms with Crippen molar-refractivity contribution in [2.24, 2.45) is 5.41 Å². The minimum Gasteiger partial charge on any atom is -0.347 e. The van der Waals surface area contributed by atoms with Crippen molar-refractivity contribution in [1.82, 2.24) is 9.55 Å². The molecule has 1 aromatic heterocycles. The van der Waals surface area contributed by atoms with Crippen LogP contribution < -0.4 is 0 Å². The van der Waals surface area contributed by atoms with Gasteiger partial charge in [-0.05, 0) is 25.3 Å². The van der Waals surface area contributed by atoms with Crippen LogP contribution in [0.5, 0.6) is 0 Å². The second kappa shape index (κ2) is 8.36. The largest absolute Gasteiger partial charge is 0.347 e. The minimum absolute atomic E-state index is 0.162. The van der Waals surface area contributed by atoms with Gasteiger partial charge in [-0.15, -0.1) is 0 Å². The molecule has 0 N–H and O–H groups in total. The molecule has 26 heavy (non-hydrogen) atoms. The van der Waals surface area contributed by atoms with E-state index in [0.717, 1.165) is 32.5 Å². The topological polar surface area (TPSA) is 36.3 Å². The van der Waals surface area contributed by atoms with Gasteiger partial charge in [0.1, 0.15) is 0 Å². The van der Waals surface area contributed by atoms with E-state index < -0.39 is 5.79 Å². The summed E-state index contributed by atoms with van der Waals surface area (Å²) in [6, 6.07) is 8.67. The van der Waals surface area contributed by atoms with E-state index in [0.29, 0.717) is 6.54 Å². The molecule has 0 unspecified atom stereocenters. The summed E-state index contributed by atoms with van der Waals surface area (Å²) in [7, 11) is 0. The lowest BCUT2D eigenvalue weighted by Crippen LogP contribution is -2.53. The third-order valence-corrected chi connectivity index (χ3v) is 5.42. The Labute approximate surface area is 157 Å². The predicted octanol–water partition coefficient (Wildman–Crippen LogP) is 4.76. The minimum atomic E-state index is -0.624. The first kappa shape index (κ1) is 19.1. The maximum atomic E-state index is 6.52. The van der Waals surface area contributed by atoms with Crippen LogP contribution in [0.4, 0.5) is 0 Å². The van der Waals surface area contributed by atoms with Crippen LogP contribution in [0.3, 0.4) is 0 Å². The fourth-order valence-electron chi connectivity index (χ4n) is 4.05. The molecule has 0 saturated carbocycles. The van der Waals surface area contributed by atoms with Crippen LogP contribution in [-0.4, -0.2) is 28.6 Å². The van der Waals surface area contributed by atoms with Gasteiger partial charge < -0.3 is 14.0 Å². The maximum absolute atomic E-state index is 6.52. The maximum Gasteiger partial charge on any atom is 0.190 e. The quantitative estimate of drug-likeness (QED) is 0.684. The van der Waals surface area contributed by atoms with E-state index in [1.54, 1.807) is 6.20 Å². The van der Waals surface area contributed by atoms with Gasteiger partial charge in [0.05, 0.1) is 26.1 Å². The van der Waals surface area contributed by atoms with Gasteiger partial charge in [0.25, 0.3) is 0 Å². The van der Waals surface area contributed by atoms with Crippen LogP contribution in [0.15, 0.2) is 43.0 Å². The van der Waals surface area contributed by atoms with Gasteiger partial charge in [-0.3, -0.25) is 0 Å². The third kappa shape index (κ3) is 4.54. The van der Waals surface area contributed by atoms with Crippen molar-refractivity contribution in [3.63, 3.8) is 0 Å². The molecular weight excluding hydrogens is 324 g/mol. The van der Waals surface area contributed by atoms with Crippen molar-refractivity contribution >= 4 is 0 Å². The monoisotopic (exact) mass is 356 g/mol. The van der Waals surface area contributed by atoms with Crippen LogP contribution in [0.1, 0.15) is 50.7 Å². The summed E-state index contributed by atoms with van der Waals surface area (Å²) in [4.78, 5) is 4.18. The number of nitrogens with zero attached hydrogens (tertiary/aromatic N) is 2. The second-order valence-electron chi connectivity index (χ2n) is 7.89. The molecule has 2 aromatic rings. The first-order valence-electron chi connectivity index (χ1n) is 9.88. The summed E-state index contributed by atoms with van der Waals surface area (Å²) in [6.07, 6.45) is 11.0. The molecule has 0 spiro atoms. The van der Waals surface area contributed by atoms with Gasteiger partial charge in [-0.2, -0.15) is 0 Å². The van der Waals surface area contributed by atoms with E-state index in [1.165, 1.54) is 24.0 Å². The molecule has 1 aliphatic heterocycles. The molecule has 0 radical (unpaired) electrons. The zero-order valence-electron chi connectivity index (χ0n) is 16.4. The fourth-order valence-corrected chi connectivity index (χ4v) is 4.05. The molecule has 4 nitrogen and oxygen atoms in total. The Morgan fingerprint density at radius 3 is 2.23 bits per heavy atom. The van der Waals surface area contributed by atoms with Gasteiger partial charge in [0, 0.05) is 24.2 Å². The molecule has 4 heteroatoms. The summed E-state index contributed by atoms with van der Waals surface area (Å²) >= 11 is 0. The fraction of sp³-hybridized carbons (Fsp3) is 0.591. The van der Waals surface area contributed by atoms with Gasteiger partial charge in [-0.25, -0.2) is 4.98 Å². The lowest BCUT2D eigenvalue weighted by Gasteiger charge is -2.46. The van der Waals surface area contributed by atoms with Crippen LogP contribution in [-0.2, 0) is 22.4 Å². The Hall–Kier alpha value is -1.65. The predicted molar refractivity (Wildman–Crippen MR) is 104 cm³/mol. The van der Waals surface area contributed by atoms with Crippen molar-refractivity contribution < 1.29 is 9.47 Å². The molecule has 0 amide bonds. The number of aryl methyl sites for hydroxylation is 1. The van der Waals surface area contributed by atoms with Crippen LogP contribution in [0.25, 0.3) is 0 Å². The molecular formula is C22H32N2O2. The molecule has 1 fully saturated rings. The highest BCUT2D eigenvalue weighted by Crippen LogP contribution is 2.39. The van der Waals surface area contributed by atoms with Gasteiger partial charge in [0.15, 0.2) is 5.79 Å². The number of aromatic nitrogens is 2. The second-order valence-corrected chi connectivity index (χ2v) is 7.89. The lowest BCUT2D eigenvalue weighted by molar-refractivity contribution is -0.311. The highest BCUT2D eigenvalue weighted by Gasteiger charge is 2.44. The van der Waals surface area contributed by atoms with E-state index in [-0.39, 0.29) is 5.41 Å². The van der Waals surface area contributed by atoms with E-state index in [1.807, 2.05) is 12.5 Å². The van der Waals surface area contributed by atoms with Gasteiger partial charge in [0.2, 0.25) is 0 Å². The normalized spacial score (nSPS) is 18.7. The van der Waals surface area contributed by atoms with E-state index in [9.17, 15) is 0 Å². The first-order chi connectivity index (χ1) is 12.6. The number of hydrogen-bond acceptors (Lipinski definition) is 3.